The van der Waals surface area contributed by atoms with Gasteiger partial charge in [0.05, 0.1) is 35.7 Å². The minimum Gasteiger partial charge on any atom is -0.545 e. The first-order valence-corrected chi connectivity index (χ1v) is 8.78. The highest BCUT2D eigenvalue weighted by molar-refractivity contribution is 6.32. The first-order chi connectivity index (χ1) is 13.0. The summed E-state index contributed by atoms with van der Waals surface area (Å²) in [5.74, 6) is -1.22. The standard InChI is InChI=1S/C19H16Cl2N4O2/c1-12-16(10-22-23-15-8-6-13(7-9-15)19(26)27)18(21)25(24-12)11-14-4-2-3-5-17(14)20/h2-10,23H,11H2,1H3,(H,26,27)/p-1/b22-10-. The summed E-state index contributed by atoms with van der Waals surface area (Å²) in [5.41, 5.74) is 5.88. The van der Waals surface area contributed by atoms with Crippen LogP contribution in [-0.4, -0.2) is 22.0 Å². The summed E-state index contributed by atoms with van der Waals surface area (Å²) in [4.78, 5) is 10.7. The van der Waals surface area contributed by atoms with E-state index in [0.29, 0.717) is 28.0 Å². The lowest BCUT2D eigenvalue weighted by Gasteiger charge is -2.05. The number of carbonyl (C=O) groups excluding carboxylic acids is 1. The van der Waals surface area contributed by atoms with Crippen LogP contribution < -0.4 is 10.5 Å². The summed E-state index contributed by atoms with van der Waals surface area (Å²) < 4.78 is 1.66. The zero-order valence-corrected chi connectivity index (χ0v) is 15.8. The molecule has 1 N–H and O–H groups in total. The Morgan fingerprint density at radius 2 is 1.93 bits per heavy atom. The van der Waals surface area contributed by atoms with Crippen molar-refractivity contribution in [2.24, 2.45) is 5.10 Å². The van der Waals surface area contributed by atoms with E-state index in [4.69, 9.17) is 23.2 Å². The Morgan fingerprint density at radius 3 is 2.59 bits per heavy atom. The van der Waals surface area contributed by atoms with Gasteiger partial charge in [0.15, 0.2) is 0 Å². The molecule has 1 heterocycles. The van der Waals surface area contributed by atoms with Crippen LogP contribution in [0.5, 0.6) is 0 Å². The molecule has 27 heavy (non-hydrogen) atoms. The number of nitrogens with one attached hydrogen (secondary N) is 1. The van der Waals surface area contributed by atoms with Gasteiger partial charge in [-0.3, -0.25) is 5.43 Å². The third-order valence-electron chi connectivity index (χ3n) is 3.90. The topological polar surface area (TPSA) is 82.3 Å². The average Bonchev–Trinajstić information content (AvgIpc) is 2.91. The molecule has 0 saturated carbocycles. The molecule has 0 radical (unpaired) electrons. The Hall–Kier alpha value is -2.83. The summed E-state index contributed by atoms with van der Waals surface area (Å²) in [6.07, 6.45) is 1.57. The van der Waals surface area contributed by atoms with Crippen molar-refractivity contribution < 1.29 is 9.90 Å². The maximum absolute atomic E-state index is 10.7. The van der Waals surface area contributed by atoms with E-state index in [1.54, 1.807) is 23.0 Å². The molecule has 2 aromatic carbocycles. The second kappa shape index (κ2) is 8.24. The van der Waals surface area contributed by atoms with Crippen LogP contribution in [0.25, 0.3) is 0 Å². The van der Waals surface area contributed by atoms with Gasteiger partial charge in [-0.15, -0.1) is 0 Å². The van der Waals surface area contributed by atoms with Crippen molar-refractivity contribution in [2.45, 2.75) is 13.5 Å². The van der Waals surface area contributed by atoms with Gasteiger partial charge in [0.2, 0.25) is 0 Å². The SMILES string of the molecule is Cc1nn(Cc2ccccc2Cl)c(Cl)c1/C=N\Nc1ccc(C(=O)[O-])cc1. The van der Waals surface area contributed by atoms with Crippen molar-refractivity contribution in [3.8, 4) is 0 Å². The molecule has 8 heteroatoms. The molecule has 3 aromatic rings. The fraction of sp³-hybridized carbons (Fsp3) is 0.105. The molecule has 0 atom stereocenters. The maximum Gasteiger partial charge on any atom is 0.136 e. The third-order valence-corrected chi connectivity index (χ3v) is 4.66. The number of carboxylic acid groups (broad SMARTS) is 1. The van der Waals surface area contributed by atoms with Crippen molar-refractivity contribution >= 4 is 41.1 Å². The van der Waals surface area contributed by atoms with Crippen molar-refractivity contribution in [1.82, 2.24) is 9.78 Å². The first-order valence-electron chi connectivity index (χ1n) is 8.02. The average molecular weight is 402 g/mol. The zero-order valence-electron chi connectivity index (χ0n) is 14.3. The predicted molar refractivity (Wildman–Crippen MR) is 105 cm³/mol. The Kier molecular flexibility index (Phi) is 5.78. The van der Waals surface area contributed by atoms with E-state index in [1.807, 2.05) is 31.2 Å². The van der Waals surface area contributed by atoms with Gasteiger partial charge in [0, 0.05) is 5.02 Å². The molecule has 1 aromatic heterocycles. The molecule has 0 amide bonds. The molecule has 0 aliphatic rings. The fourth-order valence-corrected chi connectivity index (χ4v) is 2.94. The molecule has 0 fully saturated rings. The maximum atomic E-state index is 10.7. The smallest absolute Gasteiger partial charge is 0.136 e. The fourth-order valence-electron chi connectivity index (χ4n) is 2.46. The number of hydrogen-bond donors (Lipinski definition) is 1. The van der Waals surface area contributed by atoms with Crippen LogP contribution >= 0.6 is 23.2 Å². The van der Waals surface area contributed by atoms with Crippen LogP contribution in [0.1, 0.15) is 27.2 Å². The highest BCUT2D eigenvalue weighted by atomic mass is 35.5. The Balaban J connectivity index is 1.73. The molecule has 6 nitrogen and oxygen atoms in total. The van der Waals surface area contributed by atoms with Crippen LogP contribution in [0.2, 0.25) is 10.2 Å². The summed E-state index contributed by atoms with van der Waals surface area (Å²) in [6.45, 7) is 2.29. The van der Waals surface area contributed by atoms with Gasteiger partial charge in [-0.1, -0.05) is 53.5 Å². The van der Waals surface area contributed by atoms with E-state index in [2.05, 4.69) is 15.6 Å². The number of aromatic carboxylic acids is 1. The van der Waals surface area contributed by atoms with Crippen molar-refractivity contribution in [3.05, 3.63) is 81.1 Å². The van der Waals surface area contributed by atoms with E-state index >= 15 is 0 Å². The number of benzene rings is 2. The number of halogens is 2. The number of rotatable bonds is 6. The van der Waals surface area contributed by atoms with E-state index < -0.39 is 5.97 Å². The minimum absolute atomic E-state index is 0.101. The molecule has 138 valence electrons. The van der Waals surface area contributed by atoms with Gasteiger partial charge in [-0.25, -0.2) is 4.68 Å². The van der Waals surface area contributed by atoms with Crippen LogP contribution in [-0.2, 0) is 6.54 Å². The van der Waals surface area contributed by atoms with Crippen LogP contribution in [0.15, 0.2) is 53.6 Å². The zero-order chi connectivity index (χ0) is 19.4. The Labute approximate surface area is 166 Å². The molecule has 0 spiro atoms. The molecule has 0 unspecified atom stereocenters. The van der Waals surface area contributed by atoms with Gasteiger partial charge in [-0.2, -0.15) is 10.2 Å². The monoisotopic (exact) mass is 401 g/mol. The van der Waals surface area contributed by atoms with Gasteiger partial charge in [0.1, 0.15) is 5.15 Å². The number of hydrazone groups is 1. The van der Waals surface area contributed by atoms with Crippen LogP contribution in [0.3, 0.4) is 0 Å². The highest BCUT2D eigenvalue weighted by Gasteiger charge is 2.13. The van der Waals surface area contributed by atoms with E-state index in [0.717, 1.165) is 11.3 Å². The lowest BCUT2D eigenvalue weighted by atomic mass is 10.2. The van der Waals surface area contributed by atoms with Gasteiger partial charge in [0.25, 0.3) is 0 Å². The third kappa shape index (κ3) is 4.48. The molecule has 0 aliphatic carbocycles. The quantitative estimate of drug-likeness (QED) is 0.507. The number of aromatic nitrogens is 2. The van der Waals surface area contributed by atoms with Crippen LogP contribution in [0.4, 0.5) is 5.69 Å². The summed E-state index contributed by atoms with van der Waals surface area (Å²) in [5, 5.41) is 20.4. The Morgan fingerprint density at radius 1 is 1.22 bits per heavy atom. The largest absolute Gasteiger partial charge is 0.545 e. The lowest BCUT2D eigenvalue weighted by Crippen LogP contribution is -2.21. The number of anilines is 1. The minimum atomic E-state index is -1.22. The number of nitrogens with zero attached hydrogens (tertiary/aromatic N) is 3. The van der Waals surface area contributed by atoms with E-state index in [9.17, 15) is 9.90 Å². The van der Waals surface area contributed by atoms with E-state index in [1.165, 1.54) is 12.1 Å². The van der Waals surface area contributed by atoms with Gasteiger partial charge < -0.3 is 9.90 Å². The van der Waals surface area contributed by atoms with Crippen molar-refractivity contribution in [3.63, 3.8) is 0 Å². The lowest BCUT2D eigenvalue weighted by molar-refractivity contribution is -0.255. The molecule has 3 rings (SSSR count). The normalized spacial score (nSPS) is 11.1. The van der Waals surface area contributed by atoms with Crippen LogP contribution in [0, 0.1) is 6.92 Å². The molecular formula is C19H15Cl2N4O2-. The van der Waals surface area contributed by atoms with E-state index in [-0.39, 0.29) is 5.56 Å². The van der Waals surface area contributed by atoms with Gasteiger partial charge >= 0.3 is 0 Å². The molecule has 0 saturated heterocycles. The highest BCUT2D eigenvalue weighted by Crippen LogP contribution is 2.22. The number of hydrogen-bond acceptors (Lipinski definition) is 5. The second-order valence-electron chi connectivity index (χ2n) is 5.77. The molecular weight excluding hydrogens is 387 g/mol. The predicted octanol–water partition coefficient (Wildman–Crippen LogP) is 3.36. The number of carboxylic acids is 1. The molecule has 0 bridgehead atoms. The van der Waals surface area contributed by atoms with Gasteiger partial charge in [-0.05, 0) is 36.2 Å². The number of carbonyl (C=O) groups is 1. The Bertz CT molecular complexity index is 997. The van der Waals surface area contributed by atoms with Crippen molar-refractivity contribution in [1.29, 1.82) is 0 Å². The number of aryl methyl sites for hydroxylation is 1. The first kappa shape index (κ1) is 18.9. The second-order valence-corrected chi connectivity index (χ2v) is 6.54. The summed E-state index contributed by atoms with van der Waals surface area (Å²) >= 11 is 12.6. The molecule has 0 aliphatic heterocycles. The summed E-state index contributed by atoms with van der Waals surface area (Å²) in [6, 6.07) is 13.6. The van der Waals surface area contributed by atoms with Crippen molar-refractivity contribution in [2.75, 3.05) is 5.43 Å². The summed E-state index contributed by atoms with van der Waals surface area (Å²) in [7, 11) is 0.